The van der Waals surface area contributed by atoms with Gasteiger partial charge in [0, 0.05) is 5.33 Å². The zero-order chi connectivity index (χ0) is 9.61. The predicted molar refractivity (Wildman–Crippen MR) is 49.8 cm³/mol. The Kier molecular flexibility index (Phi) is 5.04. The molecule has 0 fully saturated rings. The molecule has 0 aromatic heterocycles. The summed E-state index contributed by atoms with van der Waals surface area (Å²) < 4.78 is 4.87. The lowest BCUT2D eigenvalue weighted by Gasteiger charge is -2.16. The van der Waals surface area contributed by atoms with Crippen molar-refractivity contribution in [3.8, 4) is 0 Å². The zero-order valence-corrected chi connectivity index (χ0v) is 9.09. The SMILES string of the molecule is CC(C)(C)OC(=O)N=NCCBr. The lowest BCUT2D eigenvalue weighted by molar-refractivity contribution is 0.0590. The fourth-order valence-electron chi connectivity index (χ4n) is 0.428. The molecule has 0 aromatic rings. The first-order valence-corrected chi connectivity index (χ1v) is 4.74. The van der Waals surface area contributed by atoms with Gasteiger partial charge < -0.3 is 4.74 Å². The minimum atomic E-state index is -0.636. The van der Waals surface area contributed by atoms with Crippen LogP contribution >= 0.6 is 15.9 Å². The summed E-state index contributed by atoms with van der Waals surface area (Å²) in [6.45, 7) is 5.83. The lowest BCUT2D eigenvalue weighted by Crippen LogP contribution is -2.21. The molecule has 1 amide bonds. The van der Waals surface area contributed by atoms with Crippen molar-refractivity contribution in [1.29, 1.82) is 0 Å². The molecule has 0 spiro atoms. The van der Waals surface area contributed by atoms with Crippen LogP contribution in [0.1, 0.15) is 20.8 Å². The van der Waals surface area contributed by atoms with Crippen LogP contribution in [0.15, 0.2) is 10.2 Å². The Hall–Kier alpha value is -0.450. The highest BCUT2D eigenvalue weighted by Crippen LogP contribution is 2.07. The Morgan fingerprint density at radius 2 is 2.08 bits per heavy atom. The van der Waals surface area contributed by atoms with Gasteiger partial charge in [-0.15, -0.1) is 0 Å². The van der Waals surface area contributed by atoms with Crippen LogP contribution < -0.4 is 0 Å². The predicted octanol–water partition coefficient (Wildman–Crippen LogP) is 2.77. The average Bonchev–Trinajstić information content (AvgIpc) is 1.84. The van der Waals surface area contributed by atoms with E-state index in [0.29, 0.717) is 11.9 Å². The van der Waals surface area contributed by atoms with E-state index in [9.17, 15) is 4.79 Å². The number of carbonyl (C=O) groups is 1. The minimum Gasteiger partial charge on any atom is -0.441 e. The van der Waals surface area contributed by atoms with E-state index in [0.717, 1.165) is 0 Å². The highest BCUT2D eigenvalue weighted by Gasteiger charge is 2.15. The quantitative estimate of drug-likeness (QED) is 0.547. The van der Waals surface area contributed by atoms with Gasteiger partial charge in [-0.05, 0) is 20.8 Å². The van der Waals surface area contributed by atoms with Crippen LogP contribution in [0.3, 0.4) is 0 Å². The van der Waals surface area contributed by atoms with Crippen LogP contribution in [-0.4, -0.2) is 23.6 Å². The maximum atomic E-state index is 10.8. The zero-order valence-electron chi connectivity index (χ0n) is 7.50. The molecule has 0 rings (SSSR count). The van der Waals surface area contributed by atoms with Crippen molar-refractivity contribution < 1.29 is 9.53 Å². The molecule has 0 bridgehead atoms. The number of hydrogen-bond donors (Lipinski definition) is 0. The number of azo groups is 1. The molecule has 4 nitrogen and oxygen atoms in total. The molecular weight excluding hydrogens is 224 g/mol. The molecule has 0 aromatic carbocycles. The molecule has 70 valence electrons. The summed E-state index contributed by atoms with van der Waals surface area (Å²) in [6.07, 6.45) is -0.636. The third-order valence-corrected chi connectivity index (χ3v) is 1.09. The van der Waals surface area contributed by atoms with Gasteiger partial charge in [0.15, 0.2) is 0 Å². The Labute approximate surface area is 80.5 Å². The Morgan fingerprint density at radius 1 is 1.50 bits per heavy atom. The van der Waals surface area contributed by atoms with Crippen LogP contribution in [0.4, 0.5) is 4.79 Å². The molecule has 0 atom stereocenters. The highest BCUT2D eigenvalue weighted by molar-refractivity contribution is 9.09. The van der Waals surface area contributed by atoms with E-state index in [4.69, 9.17) is 4.74 Å². The smallest absolute Gasteiger partial charge is 0.441 e. The number of halogens is 1. The van der Waals surface area contributed by atoms with E-state index in [2.05, 4.69) is 26.2 Å². The number of amides is 1. The molecule has 12 heavy (non-hydrogen) atoms. The third kappa shape index (κ3) is 7.65. The highest BCUT2D eigenvalue weighted by atomic mass is 79.9. The molecule has 5 heteroatoms. The van der Waals surface area contributed by atoms with E-state index < -0.39 is 11.7 Å². The van der Waals surface area contributed by atoms with Gasteiger partial charge in [0.2, 0.25) is 0 Å². The van der Waals surface area contributed by atoms with Crippen molar-refractivity contribution >= 4 is 22.0 Å². The lowest BCUT2D eigenvalue weighted by atomic mass is 10.2. The second-order valence-electron chi connectivity index (χ2n) is 3.13. The van der Waals surface area contributed by atoms with Crippen LogP contribution in [0, 0.1) is 0 Å². The maximum Gasteiger partial charge on any atom is 0.452 e. The summed E-state index contributed by atoms with van der Waals surface area (Å²) in [6, 6.07) is 0. The third-order valence-electron chi connectivity index (χ3n) is 0.730. The number of hydrogen-bond acceptors (Lipinski definition) is 3. The van der Waals surface area contributed by atoms with Crippen LogP contribution in [0.5, 0.6) is 0 Å². The molecule has 0 aliphatic rings. The standard InChI is InChI=1S/C7H13BrN2O2/c1-7(2,3)12-6(11)10-9-5-4-8/h4-5H2,1-3H3. The normalized spacial score (nSPS) is 12.0. The van der Waals surface area contributed by atoms with Crippen molar-refractivity contribution in [3.63, 3.8) is 0 Å². The molecular formula is C7H13BrN2O2. The average molecular weight is 237 g/mol. The first-order chi connectivity index (χ1) is 5.45. The second kappa shape index (κ2) is 5.24. The molecule has 0 aliphatic heterocycles. The summed E-state index contributed by atoms with van der Waals surface area (Å²) in [5.41, 5.74) is -0.496. The van der Waals surface area contributed by atoms with Crippen molar-refractivity contribution in [3.05, 3.63) is 0 Å². The molecule has 0 heterocycles. The first kappa shape index (κ1) is 11.6. The minimum absolute atomic E-state index is 0.485. The number of rotatable bonds is 2. The summed E-state index contributed by atoms with van der Waals surface area (Å²) in [5.74, 6) is 0. The van der Waals surface area contributed by atoms with E-state index in [-0.39, 0.29) is 0 Å². The molecule has 0 saturated heterocycles. The monoisotopic (exact) mass is 236 g/mol. The molecule has 0 saturated carbocycles. The summed E-state index contributed by atoms with van der Waals surface area (Å²) in [5, 5.41) is 7.60. The summed E-state index contributed by atoms with van der Waals surface area (Å²) in [7, 11) is 0. The number of ether oxygens (including phenoxy) is 1. The summed E-state index contributed by atoms with van der Waals surface area (Å²) in [4.78, 5) is 10.8. The van der Waals surface area contributed by atoms with Gasteiger partial charge in [0.25, 0.3) is 0 Å². The second-order valence-corrected chi connectivity index (χ2v) is 3.93. The first-order valence-electron chi connectivity index (χ1n) is 3.62. The molecule has 0 N–H and O–H groups in total. The van der Waals surface area contributed by atoms with Crippen molar-refractivity contribution in [2.45, 2.75) is 26.4 Å². The van der Waals surface area contributed by atoms with Gasteiger partial charge in [-0.25, -0.2) is 4.79 Å². The van der Waals surface area contributed by atoms with E-state index in [1.54, 1.807) is 20.8 Å². The molecule has 0 radical (unpaired) electrons. The molecule has 0 aliphatic carbocycles. The van der Waals surface area contributed by atoms with Gasteiger partial charge in [-0.2, -0.15) is 5.11 Å². The molecule has 0 unspecified atom stereocenters. The van der Waals surface area contributed by atoms with Crippen LogP contribution in [0.25, 0.3) is 0 Å². The van der Waals surface area contributed by atoms with Crippen LogP contribution in [-0.2, 0) is 4.74 Å². The van der Waals surface area contributed by atoms with Crippen molar-refractivity contribution in [2.24, 2.45) is 10.2 Å². The van der Waals surface area contributed by atoms with Crippen molar-refractivity contribution in [1.82, 2.24) is 0 Å². The Bertz CT molecular complexity index is 175. The fraction of sp³-hybridized carbons (Fsp3) is 0.857. The Morgan fingerprint density at radius 3 is 2.50 bits per heavy atom. The van der Waals surface area contributed by atoms with Gasteiger partial charge in [0.1, 0.15) is 5.60 Å². The van der Waals surface area contributed by atoms with Gasteiger partial charge in [0.05, 0.1) is 6.54 Å². The van der Waals surface area contributed by atoms with Crippen molar-refractivity contribution in [2.75, 3.05) is 11.9 Å². The Balaban J connectivity index is 3.75. The van der Waals surface area contributed by atoms with Gasteiger partial charge >= 0.3 is 6.09 Å². The van der Waals surface area contributed by atoms with E-state index in [1.165, 1.54) is 0 Å². The largest absolute Gasteiger partial charge is 0.452 e. The van der Waals surface area contributed by atoms with Crippen LogP contribution in [0.2, 0.25) is 0 Å². The number of alkyl halides is 1. The van der Waals surface area contributed by atoms with E-state index in [1.807, 2.05) is 0 Å². The summed E-state index contributed by atoms with van der Waals surface area (Å²) >= 11 is 3.16. The fourth-order valence-corrected chi connectivity index (χ4v) is 0.586. The van der Waals surface area contributed by atoms with Gasteiger partial charge in [-0.3, -0.25) is 0 Å². The number of nitrogens with zero attached hydrogens (tertiary/aromatic N) is 2. The van der Waals surface area contributed by atoms with E-state index >= 15 is 0 Å². The maximum absolute atomic E-state index is 10.8. The topological polar surface area (TPSA) is 51.0 Å². The van der Waals surface area contributed by atoms with Gasteiger partial charge in [-0.1, -0.05) is 21.0 Å². The number of carbonyl (C=O) groups excluding carboxylic acids is 1.